The summed E-state index contributed by atoms with van der Waals surface area (Å²) in [6, 6.07) is 12.6. The Morgan fingerprint density at radius 3 is 2.71 bits per heavy atom. The van der Waals surface area contributed by atoms with Crippen molar-refractivity contribution in [2.45, 2.75) is 6.42 Å². The summed E-state index contributed by atoms with van der Waals surface area (Å²) in [5.41, 5.74) is 0.738. The first-order valence-electron chi connectivity index (χ1n) is 6.17. The van der Waals surface area contributed by atoms with Crippen LogP contribution in [0.5, 0.6) is 5.75 Å². The number of ether oxygens (including phenoxy) is 1. The van der Waals surface area contributed by atoms with Gasteiger partial charge in [-0.05, 0) is 29.8 Å². The summed E-state index contributed by atoms with van der Waals surface area (Å²) >= 11 is 5.93. The van der Waals surface area contributed by atoms with Crippen LogP contribution in [0.25, 0.3) is 0 Å². The predicted octanol–water partition coefficient (Wildman–Crippen LogP) is 3.54. The third kappa shape index (κ3) is 4.04. The molecule has 106 valence electrons. The fourth-order valence-corrected chi connectivity index (χ4v) is 1.99. The van der Waals surface area contributed by atoms with Crippen LogP contribution in [-0.2, 0) is 11.2 Å². The van der Waals surface area contributed by atoms with E-state index >= 15 is 0 Å². The molecule has 0 N–H and O–H groups in total. The van der Waals surface area contributed by atoms with E-state index in [0.717, 1.165) is 0 Å². The molecule has 21 heavy (non-hydrogen) atoms. The third-order valence-corrected chi connectivity index (χ3v) is 3.09. The Morgan fingerprint density at radius 2 is 2.05 bits per heavy atom. The molecule has 0 aliphatic rings. The van der Waals surface area contributed by atoms with Crippen LogP contribution >= 0.6 is 11.6 Å². The highest BCUT2D eigenvalue weighted by atomic mass is 35.5. The van der Waals surface area contributed by atoms with E-state index in [2.05, 4.69) is 0 Å². The van der Waals surface area contributed by atoms with Gasteiger partial charge in [-0.1, -0.05) is 29.8 Å². The average Bonchev–Trinajstić information content (AvgIpc) is 2.48. The van der Waals surface area contributed by atoms with E-state index in [1.165, 1.54) is 18.2 Å². The zero-order valence-electron chi connectivity index (χ0n) is 11.0. The minimum atomic E-state index is -0.415. The van der Waals surface area contributed by atoms with Crippen LogP contribution in [0.2, 0.25) is 5.02 Å². The molecule has 0 fully saturated rings. The molecule has 0 aliphatic heterocycles. The van der Waals surface area contributed by atoms with E-state index in [1.54, 1.807) is 24.3 Å². The van der Waals surface area contributed by atoms with Gasteiger partial charge in [0.05, 0.1) is 16.7 Å². The molecular weight excluding hydrogens is 293 g/mol. The molecule has 2 aromatic rings. The summed E-state index contributed by atoms with van der Waals surface area (Å²) in [4.78, 5) is 11.8. The van der Waals surface area contributed by atoms with Gasteiger partial charge in [0.2, 0.25) is 0 Å². The average molecular weight is 304 g/mol. The number of carbonyl (C=O) groups excluding carboxylic acids is 1. The molecule has 2 rings (SSSR count). The summed E-state index contributed by atoms with van der Waals surface area (Å²) < 4.78 is 18.7. The van der Waals surface area contributed by atoms with E-state index in [-0.39, 0.29) is 23.8 Å². The number of Topliss-reactive ketones (excluding diaryl/α,β-unsaturated/α-hetero) is 1. The number of ketones is 1. The van der Waals surface area contributed by atoms with E-state index in [9.17, 15) is 9.18 Å². The number of benzene rings is 2. The van der Waals surface area contributed by atoms with Crippen molar-refractivity contribution in [3.63, 3.8) is 0 Å². The predicted molar refractivity (Wildman–Crippen MR) is 76.8 cm³/mol. The number of nitriles is 1. The second kappa shape index (κ2) is 6.87. The molecule has 0 saturated carbocycles. The van der Waals surface area contributed by atoms with Gasteiger partial charge in [-0.15, -0.1) is 0 Å². The molecule has 5 heteroatoms. The van der Waals surface area contributed by atoms with Crippen LogP contribution in [-0.4, -0.2) is 12.4 Å². The van der Waals surface area contributed by atoms with Crippen molar-refractivity contribution < 1.29 is 13.9 Å². The first kappa shape index (κ1) is 15.0. The van der Waals surface area contributed by atoms with Gasteiger partial charge < -0.3 is 4.74 Å². The standard InChI is InChI=1S/C16H11ClFNO2/c17-14-7-11(9-19)5-6-16(14)21-10-13(20)8-12-3-1-2-4-15(12)18/h1-7H,8,10H2. The molecular formula is C16H11ClFNO2. The van der Waals surface area contributed by atoms with Gasteiger partial charge in [0.25, 0.3) is 0 Å². The summed E-state index contributed by atoms with van der Waals surface area (Å²) in [6.45, 7) is -0.208. The van der Waals surface area contributed by atoms with Crippen molar-refractivity contribution in [1.29, 1.82) is 5.26 Å². The molecule has 0 amide bonds. The van der Waals surface area contributed by atoms with Gasteiger partial charge >= 0.3 is 0 Å². The van der Waals surface area contributed by atoms with Gasteiger partial charge in [-0.25, -0.2) is 4.39 Å². The Morgan fingerprint density at radius 1 is 1.29 bits per heavy atom. The molecule has 3 nitrogen and oxygen atoms in total. The van der Waals surface area contributed by atoms with Crippen LogP contribution in [0.4, 0.5) is 4.39 Å². The topological polar surface area (TPSA) is 50.1 Å². The van der Waals surface area contributed by atoms with E-state index in [0.29, 0.717) is 16.9 Å². The number of nitrogens with zero attached hydrogens (tertiary/aromatic N) is 1. The lowest BCUT2D eigenvalue weighted by Crippen LogP contribution is -2.14. The molecule has 0 aliphatic carbocycles. The lowest BCUT2D eigenvalue weighted by Gasteiger charge is -2.08. The fourth-order valence-electron chi connectivity index (χ4n) is 1.75. The molecule has 0 aromatic heterocycles. The summed E-state index contributed by atoms with van der Waals surface area (Å²) in [5, 5.41) is 8.98. The molecule has 0 unspecified atom stereocenters. The minimum Gasteiger partial charge on any atom is -0.484 e. The Kier molecular flexibility index (Phi) is 4.91. The number of rotatable bonds is 5. The maximum absolute atomic E-state index is 13.4. The molecule has 0 heterocycles. The van der Waals surface area contributed by atoms with Crippen molar-refractivity contribution in [3.8, 4) is 11.8 Å². The molecule has 0 radical (unpaired) electrons. The maximum atomic E-state index is 13.4. The largest absolute Gasteiger partial charge is 0.484 e. The van der Waals surface area contributed by atoms with Crippen molar-refractivity contribution >= 4 is 17.4 Å². The van der Waals surface area contributed by atoms with Crippen LogP contribution < -0.4 is 4.74 Å². The van der Waals surface area contributed by atoms with Crippen LogP contribution in [0.3, 0.4) is 0 Å². The highest BCUT2D eigenvalue weighted by molar-refractivity contribution is 6.32. The van der Waals surface area contributed by atoms with Crippen LogP contribution in [0, 0.1) is 17.1 Å². The number of halogens is 2. The van der Waals surface area contributed by atoms with Gasteiger partial charge in [0.1, 0.15) is 18.2 Å². The van der Waals surface area contributed by atoms with E-state index in [1.807, 2.05) is 6.07 Å². The Balaban J connectivity index is 1.96. The molecule has 0 spiro atoms. The first-order chi connectivity index (χ1) is 10.1. The van der Waals surface area contributed by atoms with Crippen molar-refractivity contribution in [3.05, 3.63) is 64.4 Å². The Bertz CT molecular complexity index is 710. The molecule has 0 bridgehead atoms. The van der Waals surface area contributed by atoms with Crippen LogP contribution in [0.15, 0.2) is 42.5 Å². The third-order valence-electron chi connectivity index (χ3n) is 2.80. The van der Waals surface area contributed by atoms with Crippen molar-refractivity contribution in [2.75, 3.05) is 6.61 Å². The zero-order valence-corrected chi connectivity index (χ0v) is 11.7. The Labute approximate surface area is 126 Å². The summed E-state index contributed by atoms with van der Waals surface area (Å²) in [5.74, 6) is -0.361. The first-order valence-corrected chi connectivity index (χ1v) is 6.55. The molecule has 0 atom stereocenters. The summed E-state index contributed by atoms with van der Waals surface area (Å²) in [6.07, 6.45) is -0.0411. The SMILES string of the molecule is N#Cc1ccc(OCC(=O)Cc2ccccc2F)c(Cl)c1. The second-order valence-corrected chi connectivity index (χ2v) is 4.76. The number of carbonyl (C=O) groups is 1. The lowest BCUT2D eigenvalue weighted by molar-refractivity contribution is -0.120. The molecule has 0 saturated heterocycles. The minimum absolute atomic E-state index is 0.0411. The fraction of sp³-hybridized carbons (Fsp3) is 0.125. The Hall–Kier alpha value is -2.38. The highest BCUT2D eigenvalue weighted by Gasteiger charge is 2.10. The highest BCUT2D eigenvalue weighted by Crippen LogP contribution is 2.25. The monoisotopic (exact) mass is 303 g/mol. The maximum Gasteiger partial charge on any atom is 0.174 e. The summed E-state index contributed by atoms with van der Waals surface area (Å²) in [7, 11) is 0. The van der Waals surface area contributed by atoms with E-state index in [4.69, 9.17) is 21.6 Å². The number of hydrogen-bond acceptors (Lipinski definition) is 3. The van der Waals surface area contributed by atoms with E-state index < -0.39 is 5.82 Å². The number of hydrogen-bond donors (Lipinski definition) is 0. The zero-order chi connectivity index (χ0) is 15.2. The van der Waals surface area contributed by atoms with Crippen molar-refractivity contribution in [1.82, 2.24) is 0 Å². The van der Waals surface area contributed by atoms with Gasteiger partial charge in [-0.3, -0.25) is 4.79 Å². The molecule has 2 aromatic carbocycles. The smallest absolute Gasteiger partial charge is 0.174 e. The normalized spacial score (nSPS) is 9.95. The van der Waals surface area contributed by atoms with Crippen LogP contribution in [0.1, 0.15) is 11.1 Å². The van der Waals surface area contributed by atoms with Crippen molar-refractivity contribution in [2.24, 2.45) is 0 Å². The van der Waals surface area contributed by atoms with Gasteiger partial charge in [-0.2, -0.15) is 5.26 Å². The second-order valence-electron chi connectivity index (χ2n) is 4.35. The van der Waals surface area contributed by atoms with Gasteiger partial charge in [0, 0.05) is 6.42 Å². The lowest BCUT2D eigenvalue weighted by atomic mass is 10.1. The van der Waals surface area contributed by atoms with Gasteiger partial charge in [0.15, 0.2) is 5.78 Å². The quantitative estimate of drug-likeness (QED) is 0.849.